The standard InChI is InChI=1S/C44H49N5O9S/c50-40-35-23-30(56-37-24-34(27-13-5-4-6-14-27)45-38-32-18-11-12-20-36(32)58-39(37)38)26-49(35)41(51)33(46-43(53)57-29-16-9-10-17-29)19-8-3-1-2-7-15-28-25-44(28,47-40)42(52)48-59(54,55)31-21-22-31/h4-7,11-15,18,20,24,28-31,33,35H,1-3,8-10,16-17,19,21-23,25-26H2,(H,46,53)(H,47,50)(H,48,52)/b15-7-. The van der Waals surface area contributed by atoms with Crippen molar-refractivity contribution in [2.75, 3.05) is 6.54 Å². The van der Waals surface area contributed by atoms with E-state index >= 15 is 0 Å². The third-order valence-electron chi connectivity index (χ3n) is 12.4. The van der Waals surface area contributed by atoms with Crippen LogP contribution in [0.4, 0.5) is 4.79 Å². The molecule has 0 bridgehead atoms. The molecule has 9 rings (SSSR count). The number of hydrogen-bond donors (Lipinski definition) is 3. The molecular formula is C44H49N5O9S. The number of carbonyl (C=O) groups is 4. The molecule has 4 amide bonds. The molecule has 3 saturated carbocycles. The van der Waals surface area contributed by atoms with Crippen molar-refractivity contribution in [3.63, 3.8) is 0 Å². The molecule has 2 aromatic heterocycles. The maximum atomic E-state index is 14.7. The first kappa shape index (κ1) is 39.0. The van der Waals surface area contributed by atoms with Crippen LogP contribution in [-0.2, 0) is 29.1 Å². The molecule has 3 N–H and O–H groups in total. The Labute approximate surface area is 342 Å². The molecule has 2 aliphatic heterocycles. The number of amides is 4. The van der Waals surface area contributed by atoms with Gasteiger partial charge in [0.2, 0.25) is 21.8 Å². The van der Waals surface area contributed by atoms with Gasteiger partial charge in [0.25, 0.3) is 5.91 Å². The van der Waals surface area contributed by atoms with Crippen molar-refractivity contribution in [3.8, 4) is 17.0 Å². The van der Waals surface area contributed by atoms with Crippen molar-refractivity contribution in [2.24, 2.45) is 5.92 Å². The van der Waals surface area contributed by atoms with Crippen molar-refractivity contribution in [3.05, 3.63) is 72.8 Å². The summed E-state index contributed by atoms with van der Waals surface area (Å²) >= 11 is 0. The van der Waals surface area contributed by atoms with Crippen molar-refractivity contribution in [1.29, 1.82) is 0 Å². The Hall–Kier alpha value is -5.44. The summed E-state index contributed by atoms with van der Waals surface area (Å²) in [6.45, 7) is -0.0178. The Morgan fingerprint density at radius 1 is 0.915 bits per heavy atom. The van der Waals surface area contributed by atoms with Gasteiger partial charge in [-0.05, 0) is 76.3 Å². The van der Waals surface area contributed by atoms with Gasteiger partial charge < -0.3 is 29.4 Å². The average molecular weight is 824 g/mol. The lowest BCUT2D eigenvalue weighted by Crippen LogP contribution is -2.58. The first-order chi connectivity index (χ1) is 28.6. The van der Waals surface area contributed by atoms with E-state index in [2.05, 4.69) is 15.4 Å². The lowest BCUT2D eigenvalue weighted by Gasteiger charge is -2.30. The number of nitrogens with one attached hydrogen (secondary N) is 3. The molecule has 3 aliphatic carbocycles. The number of furan rings is 1. The maximum Gasteiger partial charge on any atom is 0.408 e. The van der Waals surface area contributed by atoms with Gasteiger partial charge in [0.1, 0.15) is 40.9 Å². The molecule has 5 unspecified atom stereocenters. The van der Waals surface area contributed by atoms with Crippen molar-refractivity contribution >= 4 is 55.9 Å². The molecule has 14 nitrogen and oxygen atoms in total. The van der Waals surface area contributed by atoms with Crippen LogP contribution >= 0.6 is 0 Å². The van der Waals surface area contributed by atoms with Gasteiger partial charge in [0.15, 0.2) is 11.3 Å². The molecule has 4 heterocycles. The van der Waals surface area contributed by atoms with Gasteiger partial charge in [-0.15, -0.1) is 0 Å². The zero-order chi connectivity index (χ0) is 40.7. The number of fused-ring (bicyclic) bond motifs is 5. The highest BCUT2D eigenvalue weighted by Crippen LogP contribution is 2.46. The number of nitrogens with zero attached hydrogens (tertiary/aromatic N) is 2. The largest absolute Gasteiger partial charge is 0.484 e. The number of hydrogen-bond acceptors (Lipinski definition) is 10. The minimum absolute atomic E-state index is 0.0178. The molecule has 0 spiro atoms. The quantitative estimate of drug-likeness (QED) is 0.177. The summed E-state index contributed by atoms with van der Waals surface area (Å²) in [5.74, 6) is -1.92. The summed E-state index contributed by atoms with van der Waals surface area (Å²) in [4.78, 5) is 62.8. The second-order valence-corrected chi connectivity index (χ2v) is 18.6. The van der Waals surface area contributed by atoms with Gasteiger partial charge >= 0.3 is 6.09 Å². The van der Waals surface area contributed by atoms with Crippen LogP contribution in [0, 0.1) is 5.92 Å². The van der Waals surface area contributed by atoms with E-state index in [0.717, 1.165) is 49.5 Å². The Balaban J connectivity index is 1.05. The smallest absolute Gasteiger partial charge is 0.408 e. The van der Waals surface area contributed by atoms with Crippen LogP contribution in [-0.4, -0.2) is 83.7 Å². The molecule has 15 heteroatoms. The van der Waals surface area contributed by atoms with E-state index in [4.69, 9.17) is 18.9 Å². The van der Waals surface area contributed by atoms with Gasteiger partial charge in [0, 0.05) is 29.4 Å². The zero-order valence-electron chi connectivity index (χ0n) is 32.8. The van der Waals surface area contributed by atoms with Crippen LogP contribution in [0.1, 0.15) is 83.5 Å². The number of alkyl carbamates (subject to hydrolysis) is 1. The summed E-state index contributed by atoms with van der Waals surface area (Å²) in [5.41, 5.74) is 1.64. The van der Waals surface area contributed by atoms with Crippen LogP contribution in [0.2, 0.25) is 0 Å². The van der Waals surface area contributed by atoms with Crippen LogP contribution in [0.3, 0.4) is 0 Å². The Kier molecular flexibility index (Phi) is 10.6. The monoisotopic (exact) mass is 823 g/mol. The lowest BCUT2D eigenvalue weighted by molar-refractivity contribution is -0.141. The predicted octanol–water partition coefficient (Wildman–Crippen LogP) is 6.04. The highest BCUT2D eigenvalue weighted by atomic mass is 32.2. The summed E-state index contributed by atoms with van der Waals surface area (Å²) in [6, 6.07) is 16.9. The number of sulfonamides is 1. The predicted molar refractivity (Wildman–Crippen MR) is 218 cm³/mol. The van der Waals surface area contributed by atoms with Crippen molar-refractivity contribution < 1.29 is 41.5 Å². The Morgan fingerprint density at radius 3 is 2.47 bits per heavy atom. The number of benzene rings is 2. The summed E-state index contributed by atoms with van der Waals surface area (Å²) in [7, 11) is -3.90. The fourth-order valence-electron chi connectivity index (χ4n) is 8.86. The first-order valence-electron chi connectivity index (χ1n) is 20.9. The number of carbonyl (C=O) groups excluding carboxylic acids is 4. The molecule has 4 fully saturated rings. The minimum atomic E-state index is -3.90. The number of aromatic nitrogens is 1. The van der Waals surface area contributed by atoms with Crippen LogP contribution in [0.15, 0.2) is 77.2 Å². The first-order valence-corrected chi connectivity index (χ1v) is 22.5. The fraction of sp³-hybridized carbons (Fsp3) is 0.477. The van der Waals surface area contributed by atoms with Gasteiger partial charge in [-0.2, -0.15) is 0 Å². The number of pyridine rings is 1. The lowest BCUT2D eigenvalue weighted by atomic mass is 10.0. The van der Waals surface area contributed by atoms with E-state index in [9.17, 15) is 27.6 Å². The van der Waals surface area contributed by atoms with Gasteiger partial charge in [-0.25, -0.2) is 18.2 Å². The van der Waals surface area contributed by atoms with E-state index in [0.29, 0.717) is 60.2 Å². The normalized spacial score (nSPS) is 27.2. The number of rotatable bonds is 8. The van der Waals surface area contributed by atoms with Crippen LogP contribution < -0.4 is 20.1 Å². The molecular weight excluding hydrogens is 775 g/mol. The molecule has 4 aromatic rings. The third kappa shape index (κ3) is 8.13. The van der Waals surface area contributed by atoms with Crippen molar-refractivity contribution in [1.82, 2.24) is 25.2 Å². The molecule has 2 aromatic carbocycles. The number of allylic oxidation sites excluding steroid dienone is 1. The van der Waals surface area contributed by atoms with E-state index in [1.54, 1.807) is 6.07 Å². The SMILES string of the molecule is O=C(NC1CCCCC/C=C\C2CC2(C(=O)NS(=O)(=O)C2CC2)NC(=O)C2CC(Oc3cc(-c4ccccc4)nc4c3oc3ccccc34)CN2C1=O)OC1CCCC1. The third-order valence-corrected chi connectivity index (χ3v) is 14.2. The number of ether oxygens (including phenoxy) is 2. The minimum Gasteiger partial charge on any atom is -0.484 e. The average Bonchev–Trinajstić information content (AvgIpc) is 4.04. The zero-order valence-corrected chi connectivity index (χ0v) is 33.6. The summed E-state index contributed by atoms with van der Waals surface area (Å²) in [6.07, 6.45) is 10.1. The number of para-hydroxylation sites is 1. The van der Waals surface area contributed by atoms with Crippen LogP contribution in [0.25, 0.3) is 33.3 Å². The molecule has 5 atom stereocenters. The fourth-order valence-corrected chi connectivity index (χ4v) is 10.2. The van der Waals surface area contributed by atoms with E-state index in [-0.39, 0.29) is 25.5 Å². The van der Waals surface area contributed by atoms with E-state index in [1.807, 2.05) is 66.7 Å². The van der Waals surface area contributed by atoms with Crippen LogP contribution in [0.5, 0.6) is 5.75 Å². The van der Waals surface area contributed by atoms with Gasteiger partial charge in [-0.3, -0.25) is 19.1 Å². The second kappa shape index (κ2) is 16.0. The van der Waals surface area contributed by atoms with E-state index in [1.165, 1.54) is 4.90 Å². The topological polar surface area (TPSA) is 186 Å². The molecule has 1 saturated heterocycles. The van der Waals surface area contributed by atoms with Gasteiger partial charge in [0.05, 0.1) is 17.5 Å². The highest BCUT2D eigenvalue weighted by molar-refractivity contribution is 7.91. The maximum absolute atomic E-state index is 14.7. The van der Waals surface area contributed by atoms with E-state index < -0.39 is 68.7 Å². The Morgan fingerprint density at radius 2 is 1.68 bits per heavy atom. The van der Waals surface area contributed by atoms with Gasteiger partial charge in [-0.1, -0.05) is 67.5 Å². The molecule has 59 heavy (non-hydrogen) atoms. The summed E-state index contributed by atoms with van der Waals surface area (Å²) < 4.78 is 46.9. The summed E-state index contributed by atoms with van der Waals surface area (Å²) in [5, 5.41) is 5.93. The Bertz CT molecular complexity index is 2410. The highest BCUT2D eigenvalue weighted by Gasteiger charge is 2.62. The van der Waals surface area contributed by atoms with Crippen molar-refractivity contribution in [2.45, 2.75) is 119 Å². The molecule has 5 aliphatic rings. The molecule has 310 valence electrons. The second-order valence-electron chi connectivity index (χ2n) is 16.7. The molecule has 0 radical (unpaired) electrons.